The van der Waals surface area contributed by atoms with Crippen LogP contribution in [0.3, 0.4) is 0 Å². The van der Waals surface area contributed by atoms with Gasteiger partial charge in [-0.2, -0.15) is 0 Å². The zero-order valence-corrected chi connectivity index (χ0v) is 16.6. The number of hydrogen-bond donors (Lipinski definition) is 0. The van der Waals surface area contributed by atoms with Crippen LogP contribution in [0.15, 0.2) is 47.4 Å². The van der Waals surface area contributed by atoms with Crippen LogP contribution in [-0.4, -0.2) is 16.0 Å². The van der Waals surface area contributed by atoms with Gasteiger partial charge in [0.1, 0.15) is 0 Å². The van der Waals surface area contributed by atoms with E-state index in [1.54, 1.807) is 24.3 Å². The van der Waals surface area contributed by atoms with Crippen LogP contribution < -0.4 is 0 Å². The fraction of sp³-hybridized carbons (Fsp3) is 0.0588. The molecule has 0 unspecified atom stereocenters. The molecule has 2 aromatic carbocycles. The lowest BCUT2D eigenvalue weighted by Gasteiger charge is -2.12. The van der Waals surface area contributed by atoms with Gasteiger partial charge in [0.05, 0.1) is 21.5 Å². The molecule has 3 rings (SSSR count). The molecule has 122 valence electrons. The summed E-state index contributed by atoms with van der Waals surface area (Å²) in [6.07, 6.45) is 1.73. The van der Waals surface area contributed by atoms with E-state index in [0.717, 1.165) is 26.5 Å². The third-order valence-corrected chi connectivity index (χ3v) is 5.73. The average molecular weight is 490 g/mol. The van der Waals surface area contributed by atoms with E-state index in [4.69, 9.17) is 23.2 Å². The smallest absolute Gasteiger partial charge is 0.268 e. The number of benzene rings is 2. The van der Waals surface area contributed by atoms with E-state index >= 15 is 0 Å². The summed E-state index contributed by atoms with van der Waals surface area (Å²) in [5.41, 5.74) is 1.64. The molecular formula is C17H10Cl2INO2S. The maximum absolute atomic E-state index is 12.5. The van der Waals surface area contributed by atoms with Crippen LogP contribution in [0, 0.1) is 3.57 Å². The molecule has 0 spiro atoms. The number of imide groups is 1. The van der Waals surface area contributed by atoms with Crippen molar-refractivity contribution in [1.29, 1.82) is 0 Å². The molecule has 24 heavy (non-hydrogen) atoms. The number of amides is 2. The van der Waals surface area contributed by atoms with E-state index in [1.807, 2.05) is 24.3 Å². The van der Waals surface area contributed by atoms with Gasteiger partial charge < -0.3 is 0 Å². The summed E-state index contributed by atoms with van der Waals surface area (Å²) in [5.74, 6) is -0.297. The fourth-order valence-electron chi connectivity index (χ4n) is 2.17. The first kappa shape index (κ1) is 17.8. The van der Waals surface area contributed by atoms with Crippen molar-refractivity contribution in [2.75, 3.05) is 0 Å². The molecule has 2 amide bonds. The van der Waals surface area contributed by atoms with Gasteiger partial charge in [-0.1, -0.05) is 41.4 Å². The van der Waals surface area contributed by atoms with Gasteiger partial charge >= 0.3 is 0 Å². The Balaban J connectivity index is 1.81. The Kier molecular flexibility index (Phi) is 5.54. The molecule has 1 aliphatic rings. The van der Waals surface area contributed by atoms with Crippen LogP contribution >= 0.6 is 57.6 Å². The van der Waals surface area contributed by atoms with Gasteiger partial charge in [0.2, 0.25) is 0 Å². The van der Waals surface area contributed by atoms with Crippen LogP contribution in [0.5, 0.6) is 0 Å². The highest BCUT2D eigenvalue weighted by atomic mass is 127. The molecule has 0 atom stereocenters. The van der Waals surface area contributed by atoms with E-state index in [-0.39, 0.29) is 17.7 Å². The molecule has 3 nitrogen and oxygen atoms in total. The van der Waals surface area contributed by atoms with Gasteiger partial charge in [-0.15, -0.1) is 0 Å². The Morgan fingerprint density at radius 1 is 1.04 bits per heavy atom. The maximum atomic E-state index is 12.5. The number of rotatable bonds is 3. The van der Waals surface area contributed by atoms with Crippen LogP contribution in [0.2, 0.25) is 10.0 Å². The fourth-order valence-corrected chi connectivity index (χ4v) is 3.69. The maximum Gasteiger partial charge on any atom is 0.293 e. The predicted molar refractivity (Wildman–Crippen MR) is 107 cm³/mol. The first-order chi connectivity index (χ1) is 11.4. The highest BCUT2D eigenvalue weighted by Crippen LogP contribution is 2.34. The van der Waals surface area contributed by atoms with E-state index < -0.39 is 0 Å². The number of carbonyl (C=O) groups is 2. The van der Waals surface area contributed by atoms with Crippen molar-refractivity contribution in [1.82, 2.24) is 4.90 Å². The van der Waals surface area contributed by atoms with Crippen molar-refractivity contribution in [3.63, 3.8) is 0 Å². The third kappa shape index (κ3) is 3.96. The highest BCUT2D eigenvalue weighted by molar-refractivity contribution is 14.1. The SMILES string of the molecule is O=C1S/C(=C\c2ccc(I)cc2)C(=O)N1Cc1ccc(Cl)c(Cl)c1. The molecule has 1 saturated heterocycles. The summed E-state index contributed by atoms with van der Waals surface area (Å²) in [7, 11) is 0. The minimum Gasteiger partial charge on any atom is -0.268 e. The normalized spacial score (nSPS) is 16.3. The molecule has 2 aromatic rings. The Morgan fingerprint density at radius 3 is 2.42 bits per heavy atom. The lowest BCUT2D eigenvalue weighted by atomic mass is 10.2. The predicted octanol–water partition coefficient (Wildman–Crippen LogP) is 5.83. The summed E-state index contributed by atoms with van der Waals surface area (Å²) in [4.78, 5) is 26.3. The topological polar surface area (TPSA) is 37.4 Å². The Labute approximate surface area is 167 Å². The van der Waals surface area contributed by atoms with Gasteiger partial charge in [0, 0.05) is 3.57 Å². The molecule has 7 heteroatoms. The van der Waals surface area contributed by atoms with E-state index in [0.29, 0.717) is 15.0 Å². The highest BCUT2D eigenvalue weighted by Gasteiger charge is 2.35. The van der Waals surface area contributed by atoms with Crippen molar-refractivity contribution in [2.24, 2.45) is 0 Å². The molecule has 0 aromatic heterocycles. The largest absolute Gasteiger partial charge is 0.293 e. The van der Waals surface area contributed by atoms with Crippen molar-refractivity contribution in [3.05, 3.63) is 72.1 Å². The lowest BCUT2D eigenvalue weighted by Crippen LogP contribution is -2.27. The quantitative estimate of drug-likeness (QED) is 0.401. The van der Waals surface area contributed by atoms with Gasteiger partial charge in [-0.05, 0) is 75.8 Å². The van der Waals surface area contributed by atoms with Crippen LogP contribution in [-0.2, 0) is 11.3 Å². The van der Waals surface area contributed by atoms with Crippen molar-refractivity contribution < 1.29 is 9.59 Å². The second-order valence-corrected chi connectivity index (χ2v) is 8.12. The number of halogens is 3. The molecular weight excluding hydrogens is 480 g/mol. The van der Waals surface area contributed by atoms with Crippen molar-refractivity contribution >= 4 is 74.8 Å². The van der Waals surface area contributed by atoms with E-state index in [2.05, 4.69) is 22.6 Å². The second-order valence-electron chi connectivity index (χ2n) is 5.07. The standard InChI is InChI=1S/C17H10Cl2INO2S/c18-13-6-3-11(7-14(13)19)9-21-16(22)15(24-17(21)23)8-10-1-4-12(20)5-2-10/h1-8H,9H2/b15-8-. The zero-order chi connectivity index (χ0) is 17.3. The minimum absolute atomic E-state index is 0.172. The molecule has 1 fully saturated rings. The molecule has 0 radical (unpaired) electrons. The number of carbonyl (C=O) groups excluding carboxylic acids is 2. The lowest BCUT2D eigenvalue weighted by molar-refractivity contribution is -0.123. The molecule has 0 aliphatic carbocycles. The molecule has 1 aliphatic heterocycles. The summed E-state index contributed by atoms with van der Waals surface area (Å²) < 4.78 is 1.11. The third-order valence-electron chi connectivity index (χ3n) is 3.37. The van der Waals surface area contributed by atoms with Gasteiger partial charge in [0.25, 0.3) is 11.1 Å². The summed E-state index contributed by atoms with van der Waals surface area (Å²) >= 11 is 15.0. The number of nitrogens with zero attached hydrogens (tertiary/aromatic N) is 1. The minimum atomic E-state index is -0.297. The van der Waals surface area contributed by atoms with E-state index in [9.17, 15) is 9.59 Å². The summed E-state index contributed by atoms with van der Waals surface area (Å²) in [5, 5.41) is 0.548. The first-order valence-corrected chi connectivity index (χ1v) is 9.54. The van der Waals surface area contributed by atoms with Crippen molar-refractivity contribution in [3.8, 4) is 0 Å². The average Bonchev–Trinajstić information content (AvgIpc) is 2.81. The van der Waals surface area contributed by atoms with Crippen LogP contribution in [0.1, 0.15) is 11.1 Å². The number of thioether (sulfide) groups is 1. The Bertz CT molecular complexity index is 852. The monoisotopic (exact) mass is 489 g/mol. The summed E-state index contributed by atoms with van der Waals surface area (Å²) in [6.45, 7) is 0.172. The zero-order valence-electron chi connectivity index (χ0n) is 12.1. The van der Waals surface area contributed by atoms with Crippen molar-refractivity contribution in [2.45, 2.75) is 6.54 Å². The molecule has 1 heterocycles. The summed E-state index contributed by atoms with van der Waals surface area (Å²) in [6, 6.07) is 12.8. The molecule has 0 saturated carbocycles. The van der Waals surface area contributed by atoms with Gasteiger partial charge in [-0.25, -0.2) is 0 Å². The van der Waals surface area contributed by atoms with E-state index in [1.165, 1.54) is 4.90 Å². The van der Waals surface area contributed by atoms with Gasteiger partial charge in [0.15, 0.2) is 0 Å². The van der Waals surface area contributed by atoms with Crippen LogP contribution in [0.25, 0.3) is 6.08 Å². The molecule has 0 N–H and O–H groups in total. The molecule has 0 bridgehead atoms. The second kappa shape index (κ2) is 7.47. The Morgan fingerprint density at radius 2 is 1.75 bits per heavy atom. The van der Waals surface area contributed by atoms with Crippen LogP contribution in [0.4, 0.5) is 4.79 Å². The first-order valence-electron chi connectivity index (χ1n) is 6.89. The Hall–Kier alpha value is -1.02. The number of hydrogen-bond acceptors (Lipinski definition) is 3. The van der Waals surface area contributed by atoms with Gasteiger partial charge in [-0.3, -0.25) is 14.5 Å².